The van der Waals surface area contributed by atoms with Crippen LogP contribution in [-0.2, 0) is 9.63 Å². The van der Waals surface area contributed by atoms with E-state index in [1.807, 2.05) is 35.2 Å². The zero-order valence-electron chi connectivity index (χ0n) is 12.9. The van der Waals surface area contributed by atoms with Gasteiger partial charge in [0.1, 0.15) is 0 Å². The summed E-state index contributed by atoms with van der Waals surface area (Å²) in [6.07, 6.45) is 2.33. The highest BCUT2D eigenvalue weighted by Crippen LogP contribution is 2.37. The summed E-state index contributed by atoms with van der Waals surface area (Å²) < 4.78 is 0. The highest BCUT2D eigenvalue weighted by atomic mass is 35.5. The minimum Gasteiger partial charge on any atom is -0.382 e. The molecule has 0 bridgehead atoms. The van der Waals surface area contributed by atoms with E-state index in [9.17, 15) is 4.79 Å². The maximum absolute atomic E-state index is 12.6. The number of likely N-dealkylation sites (tertiary alicyclic amines) is 1. The molecule has 23 heavy (non-hydrogen) atoms. The Morgan fingerprint density at radius 1 is 1.22 bits per heavy atom. The molecule has 0 radical (unpaired) electrons. The number of benzene rings is 1. The van der Waals surface area contributed by atoms with E-state index >= 15 is 0 Å². The molecule has 1 aromatic carbocycles. The maximum Gasteiger partial charge on any atom is 0.266 e. The Kier molecular flexibility index (Phi) is 4.60. The van der Waals surface area contributed by atoms with E-state index < -0.39 is 6.10 Å². The second-order valence-corrected chi connectivity index (χ2v) is 6.61. The number of hydrogen-bond donors (Lipinski definition) is 1. The van der Waals surface area contributed by atoms with E-state index in [0.717, 1.165) is 37.2 Å². The van der Waals surface area contributed by atoms with E-state index in [1.54, 1.807) is 0 Å². The van der Waals surface area contributed by atoms with Gasteiger partial charge in [-0.3, -0.25) is 4.79 Å². The molecular weight excluding hydrogens is 314 g/mol. The highest BCUT2D eigenvalue weighted by Gasteiger charge is 2.44. The molecule has 4 atom stereocenters. The largest absolute Gasteiger partial charge is 0.382 e. The molecule has 1 saturated carbocycles. The van der Waals surface area contributed by atoms with Gasteiger partial charge in [-0.15, -0.1) is 12.4 Å². The SMILES string of the molecule is Cl.NC1CCC2CN(C(=O)C3CC(c4ccccc4)=NO3)CC12. The molecule has 124 valence electrons. The molecule has 3 aliphatic rings. The molecule has 1 aromatic rings. The van der Waals surface area contributed by atoms with Gasteiger partial charge >= 0.3 is 0 Å². The number of carbonyl (C=O) groups excluding carboxylic acids is 1. The van der Waals surface area contributed by atoms with Crippen molar-refractivity contribution in [2.75, 3.05) is 13.1 Å². The van der Waals surface area contributed by atoms with E-state index in [0.29, 0.717) is 18.3 Å². The van der Waals surface area contributed by atoms with Crippen molar-refractivity contribution < 1.29 is 9.63 Å². The first-order chi connectivity index (χ1) is 10.7. The molecule has 1 aliphatic carbocycles. The number of amides is 1. The summed E-state index contributed by atoms with van der Waals surface area (Å²) in [5.74, 6) is 1.12. The molecule has 2 fully saturated rings. The first kappa shape index (κ1) is 16.3. The number of nitrogens with two attached hydrogens (primary N) is 1. The van der Waals surface area contributed by atoms with Gasteiger partial charge in [-0.25, -0.2) is 0 Å². The van der Waals surface area contributed by atoms with Crippen LogP contribution in [0.3, 0.4) is 0 Å². The molecule has 2 heterocycles. The Balaban J connectivity index is 0.00000156. The summed E-state index contributed by atoms with van der Waals surface area (Å²) in [5, 5.41) is 4.11. The number of halogens is 1. The van der Waals surface area contributed by atoms with Gasteiger partial charge in [-0.2, -0.15) is 0 Å². The molecule has 1 saturated heterocycles. The maximum atomic E-state index is 12.6. The molecule has 4 unspecified atom stereocenters. The summed E-state index contributed by atoms with van der Waals surface area (Å²) in [5.41, 5.74) is 8.02. The fourth-order valence-electron chi connectivity index (χ4n) is 4.00. The second-order valence-electron chi connectivity index (χ2n) is 6.61. The lowest BCUT2D eigenvalue weighted by molar-refractivity contribution is -0.141. The van der Waals surface area contributed by atoms with Crippen LogP contribution in [0.2, 0.25) is 0 Å². The van der Waals surface area contributed by atoms with Gasteiger partial charge in [-0.05, 0) is 30.2 Å². The van der Waals surface area contributed by atoms with Crippen molar-refractivity contribution in [1.82, 2.24) is 4.90 Å². The lowest BCUT2D eigenvalue weighted by Gasteiger charge is -2.21. The molecule has 2 aliphatic heterocycles. The van der Waals surface area contributed by atoms with Crippen LogP contribution in [0, 0.1) is 11.8 Å². The molecule has 2 N–H and O–H groups in total. The first-order valence-electron chi connectivity index (χ1n) is 8.05. The normalized spacial score (nSPS) is 32.0. The van der Waals surface area contributed by atoms with Crippen molar-refractivity contribution >= 4 is 24.0 Å². The third-order valence-corrected chi connectivity index (χ3v) is 5.28. The zero-order chi connectivity index (χ0) is 15.1. The van der Waals surface area contributed by atoms with Gasteiger partial charge < -0.3 is 15.5 Å². The number of fused-ring (bicyclic) bond motifs is 1. The Bertz CT molecular complexity index is 607. The van der Waals surface area contributed by atoms with E-state index in [4.69, 9.17) is 10.6 Å². The van der Waals surface area contributed by atoms with Crippen LogP contribution in [0.5, 0.6) is 0 Å². The predicted molar refractivity (Wildman–Crippen MR) is 90.5 cm³/mol. The van der Waals surface area contributed by atoms with Crippen LogP contribution in [0.1, 0.15) is 24.8 Å². The van der Waals surface area contributed by atoms with E-state index in [-0.39, 0.29) is 24.4 Å². The fraction of sp³-hybridized carbons (Fsp3) is 0.529. The number of rotatable bonds is 2. The van der Waals surface area contributed by atoms with E-state index in [2.05, 4.69) is 5.16 Å². The molecule has 4 rings (SSSR count). The molecule has 0 spiro atoms. The van der Waals surface area contributed by atoms with Crippen LogP contribution in [0.4, 0.5) is 0 Å². The van der Waals surface area contributed by atoms with Crippen LogP contribution < -0.4 is 5.73 Å². The summed E-state index contributed by atoms with van der Waals surface area (Å²) in [6.45, 7) is 1.61. The Morgan fingerprint density at radius 2 is 2.00 bits per heavy atom. The van der Waals surface area contributed by atoms with E-state index in [1.165, 1.54) is 0 Å². The molecular formula is C17H22ClN3O2. The predicted octanol–water partition coefficient (Wildman–Crippen LogP) is 1.80. The number of oxime groups is 1. The molecule has 6 heteroatoms. The average Bonchev–Trinajstić information content (AvgIpc) is 3.25. The Labute approximate surface area is 142 Å². The third kappa shape index (κ3) is 2.95. The Morgan fingerprint density at radius 3 is 2.74 bits per heavy atom. The third-order valence-electron chi connectivity index (χ3n) is 5.28. The average molecular weight is 336 g/mol. The summed E-state index contributed by atoms with van der Waals surface area (Å²) in [6, 6.07) is 10.1. The highest BCUT2D eigenvalue weighted by molar-refractivity contribution is 6.04. The first-order valence-corrected chi connectivity index (χ1v) is 8.05. The van der Waals surface area contributed by atoms with Gasteiger partial charge in [0.2, 0.25) is 6.10 Å². The monoisotopic (exact) mass is 335 g/mol. The van der Waals surface area contributed by atoms with Crippen LogP contribution >= 0.6 is 12.4 Å². The van der Waals surface area contributed by atoms with Crippen molar-refractivity contribution in [2.24, 2.45) is 22.7 Å². The smallest absolute Gasteiger partial charge is 0.266 e. The summed E-state index contributed by atoms with van der Waals surface area (Å²) >= 11 is 0. The summed E-state index contributed by atoms with van der Waals surface area (Å²) in [7, 11) is 0. The van der Waals surface area contributed by atoms with Gasteiger partial charge in [0.15, 0.2) is 0 Å². The molecule has 5 nitrogen and oxygen atoms in total. The van der Waals surface area contributed by atoms with Crippen molar-refractivity contribution in [1.29, 1.82) is 0 Å². The molecule has 0 aromatic heterocycles. The van der Waals surface area contributed by atoms with Crippen LogP contribution in [0.15, 0.2) is 35.5 Å². The number of carbonyl (C=O) groups is 1. The minimum absolute atomic E-state index is 0. The zero-order valence-corrected chi connectivity index (χ0v) is 13.7. The molecule has 1 amide bonds. The van der Waals surface area contributed by atoms with Gasteiger partial charge in [0, 0.05) is 25.6 Å². The van der Waals surface area contributed by atoms with Gasteiger partial charge in [0.05, 0.1) is 5.71 Å². The van der Waals surface area contributed by atoms with Crippen molar-refractivity contribution in [3.8, 4) is 0 Å². The number of nitrogens with zero attached hydrogens (tertiary/aromatic N) is 2. The topological polar surface area (TPSA) is 67.9 Å². The quantitative estimate of drug-likeness (QED) is 0.896. The summed E-state index contributed by atoms with van der Waals surface area (Å²) in [4.78, 5) is 20.0. The minimum atomic E-state index is -0.467. The Hall–Kier alpha value is -1.59. The standard InChI is InChI=1S/C17H21N3O2.ClH/c18-14-7-6-12-9-20(10-13(12)14)17(21)16-8-15(19-22-16)11-4-2-1-3-5-11;/h1-5,12-14,16H,6-10,18H2;1H. The lowest BCUT2D eigenvalue weighted by atomic mass is 9.98. The van der Waals surface area contributed by atoms with Crippen LogP contribution in [0.25, 0.3) is 0 Å². The number of hydrogen-bond acceptors (Lipinski definition) is 4. The van der Waals surface area contributed by atoms with Gasteiger partial charge in [-0.1, -0.05) is 35.5 Å². The van der Waals surface area contributed by atoms with Crippen molar-refractivity contribution in [3.05, 3.63) is 35.9 Å². The van der Waals surface area contributed by atoms with Crippen molar-refractivity contribution in [2.45, 2.75) is 31.4 Å². The van der Waals surface area contributed by atoms with Crippen molar-refractivity contribution in [3.63, 3.8) is 0 Å². The van der Waals surface area contributed by atoms with Gasteiger partial charge in [0.25, 0.3) is 5.91 Å². The van der Waals surface area contributed by atoms with Crippen LogP contribution in [-0.4, -0.2) is 41.8 Å². The second kappa shape index (κ2) is 6.49. The lowest BCUT2D eigenvalue weighted by Crippen LogP contribution is -2.39. The fourth-order valence-corrected chi connectivity index (χ4v) is 4.00.